The third kappa shape index (κ3) is 4.02. The third-order valence-corrected chi connectivity index (χ3v) is 3.67. The highest BCUT2D eigenvalue weighted by Crippen LogP contribution is 2.25. The molecule has 1 unspecified atom stereocenters. The lowest BCUT2D eigenvalue weighted by molar-refractivity contribution is -0.146. The van der Waals surface area contributed by atoms with Gasteiger partial charge in [-0.3, -0.25) is 9.59 Å². The number of carbonyl (C=O) groups is 2. The molecule has 1 fully saturated rings. The summed E-state index contributed by atoms with van der Waals surface area (Å²) < 4.78 is 4.74. The molecule has 98 valence electrons. The lowest BCUT2D eigenvalue weighted by Gasteiger charge is -2.28. The predicted molar refractivity (Wildman–Crippen MR) is 65.4 cm³/mol. The number of ether oxygens (including phenoxy) is 1. The average Bonchev–Trinajstić information content (AvgIpc) is 2.37. The number of hydrogen-bond donors (Lipinski definition) is 1. The second-order valence-electron chi connectivity index (χ2n) is 4.89. The SMILES string of the molecule is CCC(C)C(=O)NC1CCC(C(=O)OC)CC1. The highest BCUT2D eigenvalue weighted by atomic mass is 16.5. The Bertz CT molecular complexity index is 270. The van der Waals surface area contributed by atoms with E-state index in [4.69, 9.17) is 4.74 Å². The zero-order chi connectivity index (χ0) is 12.8. The van der Waals surface area contributed by atoms with Crippen LogP contribution < -0.4 is 5.32 Å². The highest BCUT2D eigenvalue weighted by molar-refractivity contribution is 5.78. The summed E-state index contributed by atoms with van der Waals surface area (Å²) in [7, 11) is 1.43. The van der Waals surface area contributed by atoms with E-state index in [0.29, 0.717) is 0 Å². The van der Waals surface area contributed by atoms with Gasteiger partial charge in [0, 0.05) is 12.0 Å². The molecule has 17 heavy (non-hydrogen) atoms. The summed E-state index contributed by atoms with van der Waals surface area (Å²) in [6, 6.07) is 0.234. The fourth-order valence-corrected chi connectivity index (χ4v) is 2.17. The number of nitrogens with one attached hydrogen (secondary N) is 1. The Morgan fingerprint density at radius 2 is 1.88 bits per heavy atom. The predicted octanol–water partition coefficient (Wildman–Crippen LogP) is 1.88. The molecule has 1 aliphatic carbocycles. The third-order valence-electron chi connectivity index (χ3n) is 3.67. The molecule has 0 aliphatic heterocycles. The maximum absolute atomic E-state index is 11.7. The molecular formula is C13H23NO3. The van der Waals surface area contributed by atoms with Gasteiger partial charge in [-0.05, 0) is 32.1 Å². The highest BCUT2D eigenvalue weighted by Gasteiger charge is 2.28. The number of rotatable bonds is 4. The fraction of sp³-hybridized carbons (Fsp3) is 0.846. The van der Waals surface area contributed by atoms with Crippen LogP contribution in [0, 0.1) is 11.8 Å². The maximum Gasteiger partial charge on any atom is 0.308 e. The van der Waals surface area contributed by atoms with Crippen molar-refractivity contribution in [2.24, 2.45) is 11.8 Å². The molecule has 4 nitrogen and oxygen atoms in total. The Morgan fingerprint density at radius 3 is 2.35 bits per heavy atom. The van der Waals surface area contributed by atoms with Crippen molar-refractivity contribution < 1.29 is 14.3 Å². The number of methoxy groups -OCH3 is 1. The zero-order valence-electron chi connectivity index (χ0n) is 11.0. The largest absolute Gasteiger partial charge is 0.469 e. The van der Waals surface area contributed by atoms with Crippen molar-refractivity contribution in [1.29, 1.82) is 0 Å². The number of hydrogen-bond acceptors (Lipinski definition) is 3. The minimum atomic E-state index is -0.114. The van der Waals surface area contributed by atoms with Crippen LogP contribution in [-0.4, -0.2) is 25.0 Å². The molecule has 1 rings (SSSR count). The zero-order valence-corrected chi connectivity index (χ0v) is 11.0. The van der Waals surface area contributed by atoms with Crippen LogP contribution in [0.4, 0.5) is 0 Å². The van der Waals surface area contributed by atoms with Gasteiger partial charge in [0.25, 0.3) is 0 Å². The van der Waals surface area contributed by atoms with Gasteiger partial charge in [-0.15, -0.1) is 0 Å². The van der Waals surface area contributed by atoms with Crippen LogP contribution in [0.1, 0.15) is 46.0 Å². The van der Waals surface area contributed by atoms with Crippen molar-refractivity contribution in [3.63, 3.8) is 0 Å². The van der Waals surface area contributed by atoms with E-state index >= 15 is 0 Å². The molecule has 0 radical (unpaired) electrons. The van der Waals surface area contributed by atoms with Gasteiger partial charge in [0.2, 0.25) is 5.91 Å². The van der Waals surface area contributed by atoms with Crippen molar-refractivity contribution in [3.05, 3.63) is 0 Å². The van der Waals surface area contributed by atoms with E-state index in [1.807, 2.05) is 13.8 Å². The van der Waals surface area contributed by atoms with Crippen molar-refractivity contribution in [2.45, 2.75) is 52.0 Å². The monoisotopic (exact) mass is 241 g/mol. The van der Waals surface area contributed by atoms with Gasteiger partial charge in [-0.25, -0.2) is 0 Å². The normalized spacial score (nSPS) is 26.1. The average molecular weight is 241 g/mol. The number of amides is 1. The molecule has 0 spiro atoms. The van der Waals surface area contributed by atoms with E-state index < -0.39 is 0 Å². The van der Waals surface area contributed by atoms with Crippen LogP contribution in [0.15, 0.2) is 0 Å². The second kappa shape index (κ2) is 6.62. The van der Waals surface area contributed by atoms with Gasteiger partial charge in [0.1, 0.15) is 0 Å². The van der Waals surface area contributed by atoms with E-state index in [1.54, 1.807) is 0 Å². The summed E-state index contributed by atoms with van der Waals surface area (Å²) in [5.41, 5.74) is 0. The minimum absolute atomic E-state index is 0.0248. The molecule has 4 heteroatoms. The quantitative estimate of drug-likeness (QED) is 0.765. The minimum Gasteiger partial charge on any atom is -0.469 e. The van der Waals surface area contributed by atoms with E-state index in [2.05, 4.69) is 5.32 Å². The summed E-state index contributed by atoms with van der Waals surface area (Å²) in [4.78, 5) is 23.1. The van der Waals surface area contributed by atoms with Crippen molar-refractivity contribution in [3.8, 4) is 0 Å². The van der Waals surface area contributed by atoms with Crippen LogP contribution in [-0.2, 0) is 14.3 Å². The van der Waals surface area contributed by atoms with Gasteiger partial charge in [-0.1, -0.05) is 13.8 Å². The van der Waals surface area contributed by atoms with E-state index in [-0.39, 0.29) is 29.8 Å². The Kier molecular flexibility index (Phi) is 5.45. The van der Waals surface area contributed by atoms with Crippen LogP contribution >= 0.6 is 0 Å². The Labute approximate surface area is 103 Å². The fourth-order valence-electron chi connectivity index (χ4n) is 2.17. The summed E-state index contributed by atoms with van der Waals surface area (Å²) in [6.45, 7) is 3.95. The van der Waals surface area contributed by atoms with Crippen LogP contribution in [0.2, 0.25) is 0 Å². The van der Waals surface area contributed by atoms with Crippen LogP contribution in [0.5, 0.6) is 0 Å². The molecule has 0 aromatic rings. The molecular weight excluding hydrogens is 218 g/mol. The molecule has 1 amide bonds. The first-order valence-electron chi connectivity index (χ1n) is 6.46. The van der Waals surface area contributed by atoms with E-state index in [0.717, 1.165) is 32.1 Å². The molecule has 0 aromatic heterocycles. The first-order chi connectivity index (χ1) is 8.08. The lowest BCUT2D eigenvalue weighted by Crippen LogP contribution is -2.41. The molecule has 1 aliphatic rings. The standard InChI is InChI=1S/C13H23NO3/c1-4-9(2)12(15)14-11-7-5-10(6-8-11)13(16)17-3/h9-11H,4-8H2,1-3H3,(H,14,15). The van der Waals surface area contributed by atoms with Crippen LogP contribution in [0.3, 0.4) is 0 Å². The molecule has 0 bridgehead atoms. The molecule has 1 N–H and O–H groups in total. The Morgan fingerprint density at radius 1 is 1.29 bits per heavy atom. The van der Waals surface area contributed by atoms with E-state index in [1.165, 1.54) is 7.11 Å². The molecule has 0 aromatic carbocycles. The van der Waals surface area contributed by atoms with Crippen LogP contribution in [0.25, 0.3) is 0 Å². The van der Waals surface area contributed by atoms with Crippen molar-refractivity contribution >= 4 is 11.9 Å². The van der Waals surface area contributed by atoms with Crippen molar-refractivity contribution in [1.82, 2.24) is 5.32 Å². The van der Waals surface area contributed by atoms with Gasteiger partial charge < -0.3 is 10.1 Å². The molecule has 1 saturated carbocycles. The molecule has 0 saturated heterocycles. The topological polar surface area (TPSA) is 55.4 Å². The second-order valence-corrected chi connectivity index (χ2v) is 4.89. The number of esters is 1. The first kappa shape index (κ1) is 14.0. The van der Waals surface area contributed by atoms with Gasteiger partial charge in [0.05, 0.1) is 13.0 Å². The Balaban J connectivity index is 2.32. The van der Waals surface area contributed by atoms with Gasteiger partial charge >= 0.3 is 5.97 Å². The molecule has 0 heterocycles. The smallest absolute Gasteiger partial charge is 0.308 e. The summed E-state index contributed by atoms with van der Waals surface area (Å²) in [5, 5.41) is 3.06. The molecule has 1 atom stereocenters. The summed E-state index contributed by atoms with van der Waals surface area (Å²) in [6.07, 6.45) is 4.25. The van der Waals surface area contributed by atoms with Gasteiger partial charge in [-0.2, -0.15) is 0 Å². The van der Waals surface area contributed by atoms with Crippen molar-refractivity contribution in [2.75, 3.05) is 7.11 Å². The summed E-state index contributed by atoms with van der Waals surface area (Å²) >= 11 is 0. The van der Waals surface area contributed by atoms with Gasteiger partial charge in [0.15, 0.2) is 0 Å². The summed E-state index contributed by atoms with van der Waals surface area (Å²) in [5.74, 6) is 0.121. The van der Waals surface area contributed by atoms with E-state index in [9.17, 15) is 9.59 Å². The number of carbonyl (C=O) groups excluding carboxylic acids is 2. The lowest BCUT2D eigenvalue weighted by atomic mass is 9.86. The Hall–Kier alpha value is -1.06. The maximum atomic E-state index is 11.7. The first-order valence-corrected chi connectivity index (χ1v) is 6.46.